The van der Waals surface area contributed by atoms with E-state index in [0.717, 1.165) is 27.4 Å². The van der Waals surface area contributed by atoms with E-state index in [1.54, 1.807) is 31.1 Å². The number of nitrogens with zero attached hydrogens (tertiary/aromatic N) is 3. The van der Waals surface area contributed by atoms with Crippen LogP contribution in [0.15, 0.2) is 46.0 Å². The quantitative estimate of drug-likeness (QED) is 0.809. The Balaban J connectivity index is 1.83. The van der Waals surface area contributed by atoms with Gasteiger partial charge in [-0.1, -0.05) is 40.7 Å². The summed E-state index contributed by atoms with van der Waals surface area (Å²) in [4.78, 5) is 11.8. The number of thioether (sulfide) groups is 1. The molecule has 2 aromatic rings. The van der Waals surface area contributed by atoms with Crippen LogP contribution in [0.25, 0.3) is 0 Å². The second kappa shape index (κ2) is 6.53. The van der Waals surface area contributed by atoms with Crippen molar-refractivity contribution in [2.24, 2.45) is 4.99 Å². The number of aromatic hydroxyl groups is 1. The number of benzene rings is 1. The minimum absolute atomic E-state index is 0.0197. The van der Waals surface area contributed by atoms with E-state index < -0.39 is 0 Å². The lowest BCUT2D eigenvalue weighted by Gasteiger charge is -2.28. The second-order valence-electron chi connectivity index (χ2n) is 6.18. The molecule has 7 heteroatoms. The number of ether oxygens (including phenoxy) is 1. The molecule has 5 nitrogen and oxygen atoms in total. The van der Waals surface area contributed by atoms with Gasteiger partial charge >= 0.3 is 0 Å². The van der Waals surface area contributed by atoms with Crippen molar-refractivity contribution < 1.29 is 9.84 Å². The molecule has 1 saturated heterocycles. The zero-order valence-corrected chi connectivity index (χ0v) is 16.3. The molecule has 1 aromatic carbocycles. The molecule has 0 bridgehead atoms. The molecule has 1 fully saturated rings. The average Bonchev–Trinajstić information content (AvgIpc) is 3.12. The van der Waals surface area contributed by atoms with Crippen molar-refractivity contribution in [2.45, 2.75) is 24.3 Å². The number of phenolic OH excluding ortho intramolecular Hbond substituents is 1. The fraction of sp³-hybridized carbons (Fsp3) is 0.333. The zero-order chi connectivity index (χ0) is 17.6. The molecule has 0 saturated carbocycles. The van der Waals surface area contributed by atoms with Gasteiger partial charge in [0.25, 0.3) is 0 Å². The van der Waals surface area contributed by atoms with Crippen LogP contribution in [-0.4, -0.2) is 39.1 Å². The molecule has 0 unspecified atom stereocenters. The normalized spacial score (nSPS) is 25.0. The van der Waals surface area contributed by atoms with Gasteiger partial charge in [-0.05, 0) is 29.8 Å². The molecule has 25 heavy (non-hydrogen) atoms. The van der Waals surface area contributed by atoms with E-state index in [4.69, 9.17) is 9.73 Å². The Kier molecular flexibility index (Phi) is 4.37. The van der Waals surface area contributed by atoms with Crippen LogP contribution in [0.2, 0.25) is 0 Å². The van der Waals surface area contributed by atoms with Gasteiger partial charge in [0, 0.05) is 22.5 Å². The smallest absolute Gasteiger partial charge is 0.160 e. The number of rotatable bonds is 3. The first kappa shape index (κ1) is 16.7. The fourth-order valence-corrected chi connectivity index (χ4v) is 5.06. The maximum Gasteiger partial charge on any atom is 0.160 e. The van der Waals surface area contributed by atoms with Gasteiger partial charge in [0.05, 0.1) is 18.8 Å². The van der Waals surface area contributed by atoms with Crippen molar-refractivity contribution in [1.82, 2.24) is 9.88 Å². The van der Waals surface area contributed by atoms with Gasteiger partial charge in [-0.25, -0.2) is 0 Å². The van der Waals surface area contributed by atoms with Gasteiger partial charge in [-0.2, -0.15) is 0 Å². The summed E-state index contributed by atoms with van der Waals surface area (Å²) in [6.07, 6.45) is 1.80. The highest BCUT2D eigenvalue weighted by Gasteiger charge is 2.44. The molecule has 3 atom stereocenters. The maximum atomic E-state index is 10.1. The van der Waals surface area contributed by atoms with Crippen molar-refractivity contribution in [3.05, 3.63) is 52.3 Å². The van der Waals surface area contributed by atoms with E-state index in [2.05, 4.69) is 32.7 Å². The summed E-state index contributed by atoms with van der Waals surface area (Å²) in [6.45, 7) is 3.15. The summed E-state index contributed by atoms with van der Waals surface area (Å²) in [6, 6.07) is 9.45. The van der Waals surface area contributed by atoms with Gasteiger partial charge in [0.15, 0.2) is 16.7 Å². The molecular weight excluding hydrogens is 402 g/mol. The number of aromatic nitrogens is 1. The Morgan fingerprint density at radius 3 is 2.92 bits per heavy atom. The van der Waals surface area contributed by atoms with Crippen LogP contribution in [0.4, 0.5) is 0 Å². The standard InChI is InChI=1S/C18H18BrN3O2S/c1-10-9-22-17(11-7-15(24-2)14(23)8-12(11)19)16(21-18(22)25-10)13-5-3-4-6-20-13/h3-8,10,16-17,23H,9H2,1-2H3/t10-,16-,17-/m1/s1. The highest BCUT2D eigenvalue weighted by atomic mass is 79.9. The number of halogens is 1. The number of phenols is 1. The first-order chi connectivity index (χ1) is 12.1. The van der Waals surface area contributed by atoms with Crippen molar-refractivity contribution in [2.75, 3.05) is 13.7 Å². The SMILES string of the molecule is COc1cc([C@@H]2[C@@H](c3ccccn3)N=C3S[C@H](C)CN32)c(Br)cc1O. The number of methoxy groups -OCH3 is 1. The molecule has 4 rings (SSSR count). The minimum Gasteiger partial charge on any atom is -0.504 e. The van der Waals surface area contributed by atoms with E-state index in [9.17, 15) is 5.11 Å². The largest absolute Gasteiger partial charge is 0.504 e. The Bertz CT molecular complexity index is 831. The Morgan fingerprint density at radius 2 is 2.20 bits per heavy atom. The second-order valence-corrected chi connectivity index (χ2v) is 8.44. The molecular formula is C18H18BrN3O2S. The van der Waals surface area contributed by atoms with E-state index >= 15 is 0 Å². The zero-order valence-electron chi connectivity index (χ0n) is 13.9. The first-order valence-electron chi connectivity index (χ1n) is 8.07. The van der Waals surface area contributed by atoms with Crippen LogP contribution < -0.4 is 4.74 Å². The van der Waals surface area contributed by atoms with Crippen molar-refractivity contribution in [3.63, 3.8) is 0 Å². The number of amidine groups is 1. The maximum absolute atomic E-state index is 10.1. The lowest BCUT2D eigenvalue weighted by Crippen LogP contribution is -2.28. The highest BCUT2D eigenvalue weighted by Crippen LogP contribution is 2.50. The summed E-state index contributed by atoms with van der Waals surface area (Å²) in [7, 11) is 1.56. The average molecular weight is 420 g/mol. The predicted molar refractivity (Wildman–Crippen MR) is 103 cm³/mol. The minimum atomic E-state index is -0.0817. The van der Waals surface area contributed by atoms with Crippen LogP contribution in [0.5, 0.6) is 11.5 Å². The molecule has 3 heterocycles. The molecule has 2 aliphatic rings. The summed E-state index contributed by atoms with van der Waals surface area (Å²) in [5, 5.41) is 11.6. The predicted octanol–water partition coefficient (Wildman–Crippen LogP) is 4.15. The number of fused-ring (bicyclic) bond motifs is 1. The third kappa shape index (κ3) is 2.89. The number of aliphatic imine (C=N–C) groups is 1. The van der Waals surface area contributed by atoms with Crippen LogP contribution in [0.3, 0.4) is 0 Å². The highest BCUT2D eigenvalue weighted by molar-refractivity contribution is 9.10. The number of hydrogen-bond acceptors (Lipinski definition) is 6. The van der Waals surface area contributed by atoms with Gasteiger partial charge < -0.3 is 14.7 Å². The van der Waals surface area contributed by atoms with Crippen molar-refractivity contribution in [1.29, 1.82) is 0 Å². The molecule has 0 radical (unpaired) electrons. The van der Waals surface area contributed by atoms with Gasteiger partial charge in [0.1, 0.15) is 6.04 Å². The number of hydrogen-bond donors (Lipinski definition) is 1. The summed E-state index contributed by atoms with van der Waals surface area (Å²) in [5.74, 6) is 0.585. The lowest BCUT2D eigenvalue weighted by molar-refractivity contribution is 0.317. The third-order valence-corrected chi connectivity index (χ3v) is 6.29. The van der Waals surface area contributed by atoms with Crippen LogP contribution in [0, 0.1) is 0 Å². The molecule has 0 spiro atoms. The first-order valence-corrected chi connectivity index (χ1v) is 9.74. The van der Waals surface area contributed by atoms with E-state index in [-0.39, 0.29) is 17.8 Å². The Morgan fingerprint density at radius 1 is 1.36 bits per heavy atom. The summed E-state index contributed by atoms with van der Waals surface area (Å²) in [5.41, 5.74) is 1.99. The van der Waals surface area contributed by atoms with Crippen LogP contribution in [-0.2, 0) is 0 Å². The van der Waals surface area contributed by atoms with Gasteiger partial charge in [0.2, 0.25) is 0 Å². The van der Waals surface area contributed by atoms with Gasteiger partial charge in [-0.15, -0.1) is 0 Å². The molecule has 130 valence electrons. The van der Waals surface area contributed by atoms with Crippen molar-refractivity contribution in [3.8, 4) is 11.5 Å². The van der Waals surface area contributed by atoms with E-state index in [0.29, 0.717) is 11.0 Å². The third-order valence-electron chi connectivity index (χ3n) is 4.50. The monoisotopic (exact) mass is 419 g/mol. The molecule has 2 aliphatic heterocycles. The lowest BCUT2D eigenvalue weighted by atomic mass is 9.96. The molecule has 1 N–H and O–H groups in total. The van der Waals surface area contributed by atoms with Crippen molar-refractivity contribution >= 4 is 32.9 Å². The fourth-order valence-electron chi connectivity index (χ4n) is 3.40. The Hall–Kier alpha value is -1.73. The number of pyridine rings is 1. The van der Waals surface area contributed by atoms with Gasteiger partial charge in [-0.3, -0.25) is 9.98 Å². The summed E-state index contributed by atoms with van der Waals surface area (Å²) < 4.78 is 6.17. The Labute approximate surface area is 159 Å². The molecule has 0 aliphatic carbocycles. The summed E-state index contributed by atoms with van der Waals surface area (Å²) >= 11 is 5.42. The van der Waals surface area contributed by atoms with Crippen LogP contribution >= 0.6 is 27.7 Å². The van der Waals surface area contributed by atoms with Crippen LogP contribution in [0.1, 0.15) is 30.3 Å². The van der Waals surface area contributed by atoms with E-state index in [1.807, 2.05) is 24.3 Å². The topological polar surface area (TPSA) is 58.0 Å². The molecule has 1 aromatic heterocycles. The molecule has 0 amide bonds. The van der Waals surface area contributed by atoms with E-state index in [1.165, 1.54) is 0 Å².